The van der Waals surface area contributed by atoms with Crippen LogP contribution in [-0.2, 0) is 0 Å². The van der Waals surface area contributed by atoms with Crippen LogP contribution >= 0.6 is 31.9 Å². The second kappa shape index (κ2) is 7.76. The lowest BCUT2D eigenvalue weighted by Gasteiger charge is -2.13. The van der Waals surface area contributed by atoms with Gasteiger partial charge in [-0.2, -0.15) is 0 Å². The Hall–Kier alpha value is -2.24. The highest BCUT2D eigenvalue weighted by Crippen LogP contribution is 2.37. The van der Waals surface area contributed by atoms with E-state index in [2.05, 4.69) is 31.9 Å². The molecule has 0 aliphatic heterocycles. The van der Waals surface area contributed by atoms with Crippen LogP contribution in [0.3, 0.4) is 0 Å². The number of hydrogen-bond acceptors (Lipinski definition) is 3. The van der Waals surface area contributed by atoms with Crippen molar-refractivity contribution < 1.29 is 14.3 Å². The van der Waals surface area contributed by atoms with Crippen molar-refractivity contribution >= 4 is 43.6 Å². The average molecular weight is 460 g/mol. The molecule has 0 radical (unpaired) electrons. The molecule has 0 N–H and O–H groups in total. The molecule has 0 atom stereocenters. The van der Waals surface area contributed by atoms with E-state index in [1.807, 2.05) is 12.1 Å². The lowest BCUT2D eigenvalue weighted by molar-refractivity contribution is 0.0731. The van der Waals surface area contributed by atoms with Crippen LogP contribution in [0.4, 0.5) is 0 Å². The van der Waals surface area contributed by atoms with Crippen LogP contribution in [0.1, 0.15) is 26.3 Å². The van der Waals surface area contributed by atoms with E-state index in [1.54, 1.807) is 60.7 Å². The molecule has 3 rings (SSSR count). The number of ketones is 1. The summed E-state index contributed by atoms with van der Waals surface area (Å²) in [6, 6.07) is 20.9. The number of esters is 1. The van der Waals surface area contributed by atoms with Crippen LogP contribution in [0.2, 0.25) is 0 Å². The van der Waals surface area contributed by atoms with Crippen molar-refractivity contribution in [3.8, 4) is 5.75 Å². The largest absolute Gasteiger partial charge is 0.421 e. The van der Waals surface area contributed by atoms with Crippen molar-refractivity contribution in [2.75, 3.05) is 0 Å². The van der Waals surface area contributed by atoms with Gasteiger partial charge in [-0.1, -0.05) is 48.5 Å². The summed E-state index contributed by atoms with van der Waals surface area (Å²) in [4.78, 5) is 25.2. The van der Waals surface area contributed by atoms with Crippen LogP contribution in [-0.4, -0.2) is 11.8 Å². The van der Waals surface area contributed by atoms with Gasteiger partial charge in [0.1, 0.15) is 0 Å². The zero-order valence-electron chi connectivity index (χ0n) is 12.9. The maximum Gasteiger partial charge on any atom is 0.343 e. The van der Waals surface area contributed by atoms with Crippen LogP contribution in [0.15, 0.2) is 81.7 Å². The van der Waals surface area contributed by atoms with Gasteiger partial charge in [0.2, 0.25) is 0 Å². The van der Waals surface area contributed by atoms with Gasteiger partial charge in [-0.3, -0.25) is 4.79 Å². The first kappa shape index (κ1) is 17.6. The van der Waals surface area contributed by atoms with Crippen LogP contribution in [0.5, 0.6) is 5.75 Å². The zero-order chi connectivity index (χ0) is 17.8. The highest BCUT2D eigenvalue weighted by atomic mass is 79.9. The van der Waals surface area contributed by atoms with E-state index < -0.39 is 5.97 Å². The van der Waals surface area contributed by atoms with E-state index in [9.17, 15) is 9.59 Å². The van der Waals surface area contributed by atoms with E-state index in [0.717, 1.165) is 0 Å². The molecule has 0 spiro atoms. The molecule has 0 aromatic heterocycles. The van der Waals surface area contributed by atoms with Gasteiger partial charge in [0, 0.05) is 10.0 Å². The molecular formula is C20H12Br2O3. The summed E-state index contributed by atoms with van der Waals surface area (Å²) >= 11 is 6.78. The lowest BCUT2D eigenvalue weighted by Crippen LogP contribution is -2.12. The monoisotopic (exact) mass is 458 g/mol. The number of carbonyl (C=O) groups excluding carboxylic acids is 2. The fourth-order valence-corrected chi connectivity index (χ4v) is 3.02. The van der Waals surface area contributed by atoms with Gasteiger partial charge in [-0.15, -0.1) is 0 Å². The van der Waals surface area contributed by atoms with Gasteiger partial charge in [0.05, 0.1) is 15.6 Å². The van der Waals surface area contributed by atoms with Gasteiger partial charge in [-0.05, 0) is 56.1 Å². The maximum absolute atomic E-state index is 12.8. The van der Waals surface area contributed by atoms with E-state index in [1.165, 1.54) is 0 Å². The summed E-state index contributed by atoms with van der Waals surface area (Å²) in [6.07, 6.45) is 0. The topological polar surface area (TPSA) is 43.4 Å². The van der Waals surface area contributed by atoms with E-state index >= 15 is 0 Å². The normalized spacial score (nSPS) is 10.3. The summed E-state index contributed by atoms with van der Waals surface area (Å²) in [5.74, 6) is -0.553. The molecule has 25 heavy (non-hydrogen) atoms. The van der Waals surface area contributed by atoms with Crippen LogP contribution < -0.4 is 4.74 Å². The highest BCUT2D eigenvalue weighted by molar-refractivity contribution is 9.13. The SMILES string of the molecule is O=C(Oc1c(C(=O)c2ccccc2)ccc(Br)c1Br)c1ccccc1. The highest BCUT2D eigenvalue weighted by Gasteiger charge is 2.21. The molecule has 0 saturated carbocycles. The smallest absolute Gasteiger partial charge is 0.343 e. The van der Waals surface area contributed by atoms with Gasteiger partial charge >= 0.3 is 5.97 Å². The first-order valence-electron chi connectivity index (χ1n) is 7.43. The minimum absolute atomic E-state index is 0.192. The van der Waals surface area contributed by atoms with E-state index in [0.29, 0.717) is 25.6 Å². The van der Waals surface area contributed by atoms with Crippen molar-refractivity contribution in [1.82, 2.24) is 0 Å². The van der Waals surface area contributed by atoms with Crippen molar-refractivity contribution in [2.24, 2.45) is 0 Å². The summed E-state index contributed by atoms with van der Waals surface area (Å²) in [5, 5.41) is 0. The predicted molar refractivity (Wildman–Crippen MR) is 103 cm³/mol. The van der Waals surface area contributed by atoms with Gasteiger partial charge in [-0.25, -0.2) is 4.79 Å². The zero-order valence-corrected chi connectivity index (χ0v) is 16.1. The van der Waals surface area contributed by atoms with Crippen molar-refractivity contribution in [3.63, 3.8) is 0 Å². The molecule has 0 aliphatic carbocycles. The molecule has 3 aromatic rings. The quantitative estimate of drug-likeness (QED) is 0.287. The average Bonchev–Trinajstić information content (AvgIpc) is 2.66. The molecule has 0 saturated heterocycles. The Morgan fingerprint density at radius 3 is 1.88 bits per heavy atom. The first-order valence-corrected chi connectivity index (χ1v) is 9.01. The molecule has 3 nitrogen and oxygen atoms in total. The minimum Gasteiger partial charge on any atom is -0.421 e. The van der Waals surface area contributed by atoms with Gasteiger partial charge in [0.15, 0.2) is 11.5 Å². The maximum atomic E-state index is 12.8. The molecule has 124 valence electrons. The Kier molecular flexibility index (Phi) is 5.46. The Morgan fingerprint density at radius 1 is 0.720 bits per heavy atom. The van der Waals surface area contributed by atoms with Crippen molar-refractivity contribution in [3.05, 3.63) is 98.4 Å². The molecule has 5 heteroatoms. The minimum atomic E-state index is -0.526. The number of carbonyl (C=O) groups is 2. The summed E-state index contributed by atoms with van der Waals surface area (Å²) in [5.41, 5.74) is 1.24. The molecule has 0 amide bonds. The molecule has 0 bridgehead atoms. The molecule has 0 fully saturated rings. The van der Waals surface area contributed by atoms with Crippen LogP contribution in [0.25, 0.3) is 0 Å². The fourth-order valence-electron chi connectivity index (χ4n) is 2.28. The molecular weight excluding hydrogens is 448 g/mol. The van der Waals surface area contributed by atoms with Crippen LogP contribution in [0, 0.1) is 0 Å². The number of ether oxygens (including phenoxy) is 1. The number of benzene rings is 3. The van der Waals surface area contributed by atoms with Crippen molar-refractivity contribution in [1.29, 1.82) is 0 Å². The number of hydrogen-bond donors (Lipinski definition) is 0. The molecule has 0 aliphatic rings. The third-order valence-corrected chi connectivity index (χ3v) is 5.52. The Balaban J connectivity index is 2.02. The molecule has 3 aromatic carbocycles. The number of rotatable bonds is 4. The standard InChI is InChI=1S/C20H12Br2O3/c21-16-12-11-15(18(23)13-7-3-1-4-8-13)19(17(16)22)25-20(24)14-9-5-2-6-10-14/h1-12H. The molecule has 0 heterocycles. The first-order chi connectivity index (χ1) is 12.1. The second-order valence-corrected chi connectivity index (χ2v) is 6.84. The summed E-state index contributed by atoms with van der Waals surface area (Å²) in [6.45, 7) is 0. The Morgan fingerprint density at radius 2 is 1.28 bits per heavy atom. The number of halogens is 2. The predicted octanol–water partition coefficient (Wildman–Crippen LogP) is 5.66. The van der Waals surface area contributed by atoms with Gasteiger partial charge < -0.3 is 4.74 Å². The van der Waals surface area contributed by atoms with Gasteiger partial charge in [0.25, 0.3) is 0 Å². The Bertz CT molecular complexity index is 922. The summed E-state index contributed by atoms with van der Waals surface area (Å²) < 4.78 is 6.75. The van der Waals surface area contributed by atoms with E-state index in [4.69, 9.17) is 4.74 Å². The second-order valence-electron chi connectivity index (χ2n) is 5.19. The molecule has 0 unspecified atom stereocenters. The fraction of sp³-hybridized carbons (Fsp3) is 0. The lowest BCUT2D eigenvalue weighted by atomic mass is 10.0. The summed E-state index contributed by atoms with van der Waals surface area (Å²) in [7, 11) is 0. The Labute approximate surface area is 161 Å². The third kappa shape index (κ3) is 3.89. The van der Waals surface area contributed by atoms with Crippen molar-refractivity contribution in [2.45, 2.75) is 0 Å². The van der Waals surface area contributed by atoms with E-state index in [-0.39, 0.29) is 11.5 Å². The third-order valence-electron chi connectivity index (χ3n) is 3.53.